The van der Waals surface area contributed by atoms with Gasteiger partial charge in [0, 0.05) is 18.2 Å². The van der Waals surface area contributed by atoms with Gasteiger partial charge in [0.1, 0.15) is 11.5 Å². The number of hydrogen-bond acceptors (Lipinski definition) is 5. The number of ether oxygens (including phenoxy) is 2. The maximum Gasteiger partial charge on any atom is 0.266 e. The molecule has 1 amide bonds. The van der Waals surface area contributed by atoms with Crippen LogP contribution in [-0.4, -0.2) is 36.7 Å². The molecule has 0 N–H and O–H groups in total. The molecule has 3 rings (SSSR count). The van der Waals surface area contributed by atoms with Crippen molar-refractivity contribution < 1.29 is 14.3 Å². The third-order valence-corrected chi connectivity index (χ3v) is 6.21. The summed E-state index contributed by atoms with van der Waals surface area (Å²) in [5.41, 5.74) is 2.85. The van der Waals surface area contributed by atoms with Crippen LogP contribution in [0.15, 0.2) is 50.8 Å². The van der Waals surface area contributed by atoms with E-state index in [0.29, 0.717) is 28.1 Å². The number of thioether (sulfide) groups is 1. The predicted molar refractivity (Wildman–Crippen MR) is 123 cm³/mol. The Balaban J connectivity index is 2.01. The second-order valence-electron chi connectivity index (χ2n) is 6.27. The molecule has 0 radical (unpaired) electrons. The normalized spacial score (nSPS) is 16.7. The van der Waals surface area contributed by atoms with Crippen molar-refractivity contribution >= 4 is 50.5 Å². The molecule has 0 atom stereocenters. The highest BCUT2D eigenvalue weighted by atomic mass is 79.9. The van der Waals surface area contributed by atoms with Crippen LogP contribution in [0, 0.1) is 0 Å². The SMILES string of the molecule is CCc1ccccc1N=C1S/C(=C/c2cc(Br)c(OC)cc2OC)C(=O)N1CC. The second kappa shape index (κ2) is 9.50. The number of carbonyl (C=O) groups is 1. The molecule has 2 aromatic carbocycles. The summed E-state index contributed by atoms with van der Waals surface area (Å²) in [6.45, 7) is 4.61. The molecular formula is C22H23BrN2O3S. The van der Waals surface area contributed by atoms with Gasteiger partial charge in [-0.1, -0.05) is 25.1 Å². The Morgan fingerprint density at radius 1 is 1.14 bits per heavy atom. The van der Waals surface area contributed by atoms with E-state index >= 15 is 0 Å². The van der Waals surface area contributed by atoms with Crippen molar-refractivity contribution in [3.63, 3.8) is 0 Å². The van der Waals surface area contributed by atoms with E-state index in [1.807, 2.05) is 37.3 Å². The fourth-order valence-corrected chi connectivity index (χ4v) is 4.60. The molecule has 1 saturated heterocycles. The zero-order valence-corrected chi connectivity index (χ0v) is 19.3. The van der Waals surface area contributed by atoms with Crippen LogP contribution in [0.3, 0.4) is 0 Å². The Labute approximate surface area is 183 Å². The van der Waals surface area contributed by atoms with Crippen LogP contribution in [0.2, 0.25) is 0 Å². The van der Waals surface area contributed by atoms with Crippen LogP contribution in [0.1, 0.15) is 25.0 Å². The van der Waals surface area contributed by atoms with Crippen molar-refractivity contribution in [2.45, 2.75) is 20.3 Å². The lowest BCUT2D eigenvalue weighted by Crippen LogP contribution is -2.28. The predicted octanol–water partition coefficient (Wildman–Crippen LogP) is 5.65. The van der Waals surface area contributed by atoms with Crippen LogP contribution in [0.5, 0.6) is 11.5 Å². The highest BCUT2D eigenvalue weighted by molar-refractivity contribution is 9.10. The molecule has 0 bridgehead atoms. The average molecular weight is 475 g/mol. The van der Waals surface area contributed by atoms with Gasteiger partial charge in [-0.25, -0.2) is 4.99 Å². The number of amides is 1. The van der Waals surface area contributed by atoms with Crippen LogP contribution in [0.4, 0.5) is 5.69 Å². The Morgan fingerprint density at radius 2 is 1.86 bits per heavy atom. The van der Waals surface area contributed by atoms with E-state index in [1.165, 1.54) is 11.8 Å². The Hall–Kier alpha value is -2.25. The third-order valence-electron chi connectivity index (χ3n) is 4.58. The first kappa shape index (κ1) is 21.5. The van der Waals surface area contributed by atoms with Gasteiger partial charge in [0.15, 0.2) is 5.17 Å². The molecule has 2 aromatic rings. The molecule has 152 valence electrons. The number of methoxy groups -OCH3 is 2. The first-order valence-corrected chi connectivity index (χ1v) is 10.9. The minimum Gasteiger partial charge on any atom is -0.496 e. The van der Waals surface area contributed by atoms with Gasteiger partial charge in [0.2, 0.25) is 0 Å². The number of aryl methyl sites for hydroxylation is 1. The molecule has 7 heteroatoms. The molecule has 1 aliphatic rings. The molecule has 0 aliphatic carbocycles. The Bertz CT molecular complexity index is 988. The smallest absolute Gasteiger partial charge is 0.266 e. The summed E-state index contributed by atoms with van der Waals surface area (Å²) in [7, 11) is 3.20. The summed E-state index contributed by atoms with van der Waals surface area (Å²) in [4.78, 5) is 20.1. The number of likely N-dealkylation sites (N-methyl/N-ethyl adjacent to an activating group) is 1. The lowest BCUT2D eigenvalue weighted by atomic mass is 10.1. The summed E-state index contributed by atoms with van der Waals surface area (Å²) in [6.07, 6.45) is 2.73. The quantitative estimate of drug-likeness (QED) is 0.507. The van der Waals surface area contributed by atoms with E-state index in [-0.39, 0.29) is 5.91 Å². The highest BCUT2D eigenvalue weighted by Gasteiger charge is 2.32. The largest absolute Gasteiger partial charge is 0.496 e. The van der Waals surface area contributed by atoms with E-state index < -0.39 is 0 Å². The fourth-order valence-electron chi connectivity index (χ4n) is 3.03. The fraction of sp³-hybridized carbons (Fsp3) is 0.273. The van der Waals surface area contributed by atoms with Crippen molar-refractivity contribution in [2.24, 2.45) is 4.99 Å². The van der Waals surface area contributed by atoms with Gasteiger partial charge in [-0.05, 0) is 64.8 Å². The van der Waals surface area contributed by atoms with Crippen molar-refractivity contribution in [3.05, 3.63) is 56.9 Å². The molecule has 0 unspecified atom stereocenters. The third kappa shape index (κ3) is 4.51. The number of amidine groups is 1. The number of hydrogen-bond donors (Lipinski definition) is 0. The van der Waals surface area contributed by atoms with Gasteiger partial charge in [0.05, 0.1) is 29.3 Å². The van der Waals surface area contributed by atoms with E-state index in [0.717, 1.165) is 27.7 Å². The Kier molecular flexibility index (Phi) is 7.03. The van der Waals surface area contributed by atoms with Gasteiger partial charge >= 0.3 is 0 Å². The maximum absolute atomic E-state index is 13.0. The van der Waals surface area contributed by atoms with Crippen LogP contribution in [-0.2, 0) is 11.2 Å². The monoisotopic (exact) mass is 474 g/mol. The number of para-hydroxylation sites is 1. The van der Waals surface area contributed by atoms with Crippen LogP contribution >= 0.6 is 27.7 Å². The summed E-state index contributed by atoms with van der Waals surface area (Å²) >= 11 is 4.88. The van der Waals surface area contributed by atoms with Gasteiger partial charge in [-0.15, -0.1) is 0 Å². The maximum atomic E-state index is 13.0. The summed E-state index contributed by atoms with van der Waals surface area (Å²) in [5.74, 6) is 1.25. The van der Waals surface area contributed by atoms with E-state index in [4.69, 9.17) is 14.5 Å². The molecule has 1 heterocycles. The first-order chi connectivity index (χ1) is 14.0. The zero-order chi connectivity index (χ0) is 21.0. The highest BCUT2D eigenvalue weighted by Crippen LogP contribution is 2.38. The number of carbonyl (C=O) groups excluding carboxylic acids is 1. The molecular weight excluding hydrogens is 452 g/mol. The number of nitrogens with zero attached hydrogens (tertiary/aromatic N) is 2. The summed E-state index contributed by atoms with van der Waals surface area (Å²) in [5, 5.41) is 0.691. The van der Waals surface area contributed by atoms with Gasteiger partial charge < -0.3 is 9.47 Å². The van der Waals surface area contributed by atoms with Crippen molar-refractivity contribution in [2.75, 3.05) is 20.8 Å². The number of halogens is 1. The van der Waals surface area contributed by atoms with E-state index in [2.05, 4.69) is 28.9 Å². The lowest BCUT2D eigenvalue weighted by molar-refractivity contribution is -0.122. The lowest BCUT2D eigenvalue weighted by Gasteiger charge is -2.13. The molecule has 0 aromatic heterocycles. The van der Waals surface area contributed by atoms with Crippen molar-refractivity contribution in [1.82, 2.24) is 4.90 Å². The number of aliphatic imine (C=N–C) groups is 1. The van der Waals surface area contributed by atoms with E-state index in [1.54, 1.807) is 25.2 Å². The molecule has 1 fully saturated rings. The van der Waals surface area contributed by atoms with E-state index in [9.17, 15) is 4.79 Å². The van der Waals surface area contributed by atoms with Crippen molar-refractivity contribution in [3.8, 4) is 11.5 Å². The Morgan fingerprint density at radius 3 is 2.52 bits per heavy atom. The zero-order valence-electron chi connectivity index (χ0n) is 16.9. The van der Waals surface area contributed by atoms with Crippen LogP contribution < -0.4 is 9.47 Å². The topological polar surface area (TPSA) is 51.1 Å². The molecule has 0 spiro atoms. The molecule has 1 aliphatic heterocycles. The molecule has 5 nitrogen and oxygen atoms in total. The summed E-state index contributed by atoms with van der Waals surface area (Å²) in [6, 6.07) is 11.7. The first-order valence-electron chi connectivity index (χ1n) is 9.31. The second-order valence-corrected chi connectivity index (χ2v) is 8.13. The molecule has 0 saturated carbocycles. The number of benzene rings is 2. The van der Waals surface area contributed by atoms with Crippen molar-refractivity contribution in [1.29, 1.82) is 0 Å². The standard InChI is InChI=1S/C22H23BrN2O3S/c1-5-14-9-7-8-10-17(14)24-22-25(6-2)21(26)20(29-22)12-15-11-16(23)19(28-4)13-18(15)27-3/h7-13H,5-6H2,1-4H3/b20-12+,24-22?. The van der Waals surface area contributed by atoms with Gasteiger partial charge in [-0.2, -0.15) is 0 Å². The molecule has 29 heavy (non-hydrogen) atoms. The minimum absolute atomic E-state index is 0.0563. The number of rotatable bonds is 6. The van der Waals surface area contributed by atoms with Gasteiger partial charge in [0.25, 0.3) is 5.91 Å². The van der Waals surface area contributed by atoms with Crippen LogP contribution in [0.25, 0.3) is 6.08 Å². The average Bonchev–Trinajstić information content (AvgIpc) is 3.02. The minimum atomic E-state index is -0.0563. The summed E-state index contributed by atoms with van der Waals surface area (Å²) < 4.78 is 11.6. The van der Waals surface area contributed by atoms with Gasteiger partial charge in [-0.3, -0.25) is 9.69 Å².